The van der Waals surface area contributed by atoms with Crippen LogP contribution in [0.1, 0.15) is 19.8 Å². The summed E-state index contributed by atoms with van der Waals surface area (Å²) < 4.78 is 0. The van der Waals surface area contributed by atoms with Crippen LogP contribution in [0.15, 0.2) is 0 Å². The van der Waals surface area contributed by atoms with Crippen LogP contribution in [0, 0.1) is 5.92 Å². The van der Waals surface area contributed by atoms with E-state index < -0.39 is 5.97 Å². The summed E-state index contributed by atoms with van der Waals surface area (Å²) in [5, 5.41) is 20.1. The minimum absolute atomic E-state index is 0.0803. The zero-order chi connectivity index (χ0) is 12.1. The molecule has 16 heavy (non-hydrogen) atoms. The van der Waals surface area contributed by atoms with Crippen molar-refractivity contribution < 1.29 is 19.8 Å². The highest BCUT2D eigenvalue weighted by Crippen LogP contribution is 2.15. The summed E-state index contributed by atoms with van der Waals surface area (Å²) in [4.78, 5) is 23.7. The number of hydrogen-bond donors (Lipinski definition) is 3. The van der Waals surface area contributed by atoms with E-state index in [0.29, 0.717) is 13.1 Å². The summed E-state index contributed by atoms with van der Waals surface area (Å²) >= 11 is 0. The fraction of sp³-hybridized carbons (Fsp3) is 0.800. The van der Waals surface area contributed by atoms with Crippen LogP contribution >= 0.6 is 0 Å². The highest BCUT2D eigenvalue weighted by Gasteiger charge is 2.26. The van der Waals surface area contributed by atoms with Gasteiger partial charge in [0, 0.05) is 31.7 Å². The first-order valence-electron chi connectivity index (χ1n) is 5.41. The number of rotatable bonds is 4. The third-order valence-electron chi connectivity index (χ3n) is 2.68. The first-order chi connectivity index (χ1) is 7.52. The van der Waals surface area contributed by atoms with E-state index in [1.165, 1.54) is 0 Å². The predicted octanol–water partition coefficient (Wildman–Crippen LogP) is -0.127. The van der Waals surface area contributed by atoms with Crippen molar-refractivity contribution in [2.45, 2.75) is 25.8 Å². The van der Waals surface area contributed by atoms with Gasteiger partial charge in [-0.15, -0.1) is 0 Å². The van der Waals surface area contributed by atoms with Crippen molar-refractivity contribution in [3.05, 3.63) is 0 Å². The van der Waals surface area contributed by atoms with Gasteiger partial charge in [-0.05, 0) is 13.3 Å². The lowest BCUT2D eigenvalue weighted by Crippen LogP contribution is -2.43. The number of urea groups is 1. The molecule has 3 N–H and O–H groups in total. The topological polar surface area (TPSA) is 89.9 Å². The molecule has 6 nitrogen and oxygen atoms in total. The molecule has 1 rings (SSSR count). The van der Waals surface area contributed by atoms with Gasteiger partial charge in [-0.25, -0.2) is 4.79 Å². The highest BCUT2D eigenvalue weighted by atomic mass is 16.4. The molecule has 1 aliphatic rings. The maximum Gasteiger partial charge on any atom is 0.317 e. The van der Waals surface area contributed by atoms with Crippen LogP contribution in [0.5, 0.6) is 0 Å². The van der Waals surface area contributed by atoms with Gasteiger partial charge in [0.05, 0.1) is 6.42 Å². The van der Waals surface area contributed by atoms with Crippen molar-refractivity contribution in [2.24, 2.45) is 5.92 Å². The molecule has 2 unspecified atom stereocenters. The summed E-state index contributed by atoms with van der Waals surface area (Å²) in [6.45, 7) is 2.92. The number of carbonyl (C=O) groups is 2. The van der Waals surface area contributed by atoms with Gasteiger partial charge < -0.3 is 20.4 Å². The Morgan fingerprint density at radius 2 is 2.25 bits per heavy atom. The van der Waals surface area contributed by atoms with E-state index in [-0.39, 0.29) is 31.0 Å². The van der Waals surface area contributed by atoms with Crippen LogP contribution < -0.4 is 5.32 Å². The molecule has 0 saturated carbocycles. The van der Waals surface area contributed by atoms with Crippen molar-refractivity contribution in [2.75, 3.05) is 19.7 Å². The summed E-state index contributed by atoms with van der Waals surface area (Å²) in [7, 11) is 0. The third-order valence-corrected chi connectivity index (χ3v) is 2.68. The summed E-state index contributed by atoms with van der Waals surface area (Å²) in [5.41, 5.74) is 0. The first kappa shape index (κ1) is 12.8. The number of likely N-dealkylation sites (tertiary alicyclic amines) is 1. The summed E-state index contributed by atoms with van der Waals surface area (Å²) in [6, 6.07) is -0.622. The van der Waals surface area contributed by atoms with E-state index in [0.717, 1.165) is 6.42 Å². The second-order valence-electron chi connectivity index (χ2n) is 4.23. The van der Waals surface area contributed by atoms with Gasteiger partial charge in [-0.1, -0.05) is 0 Å². The van der Waals surface area contributed by atoms with Gasteiger partial charge in [0.1, 0.15) is 0 Å². The van der Waals surface area contributed by atoms with E-state index in [1.807, 2.05) is 0 Å². The Kier molecular flexibility index (Phi) is 4.54. The molecule has 0 aromatic heterocycles. The largest absolute Gasteiger partial charge is 0.481 e. The Labute approximate surface area is 94.2 Å². The number of carboxylic acids is 1. The van der Waals surface area contributed by atoms with E-state index in [4.69, 9.17) is 10.2 Å². The Hall–Kier alpha value is -1.30. The summed E-state index contributed by atoms with van der Waals surface area (Å²) in [6.07, 6.45) is 0.722. The smallest absolute Gasteiger partial charge is 0.317 e. The van der Waals surface area contributed by atoms with Gasteiger partial charge in [0.25, 0.3) is 0 Å². The molecule has 0 spiro atoms. The van der Waals surface area contributed by atoms with Crippen LogP contribution in [0.2, 0.25) is 0 Å². The lowest BCUT2D eigenvalue weighted by atomic mass is 10.1. The van der Waals surface area contributed by atoms with E-state index >= 15 is 0 Å². The van der Waals surface area contributed by atoms with E-state index in [2.05, 4.69) is 5.32 Å². The van der Waals surface area contributed by atoms with Crippen LogP contribution in [0.25, 0.3) is 0 Å². The molecule has 92 valence electrons. The fourth-order valence-electron chi connectivity index (χ4n) is 1.78. The van der Waals surface area contributed by atoms with Crippen molar-refractivity contribution in [3.63, 3.8) is 0 Å². The number of aliphatic hydroxyl groups is 1. The zero-order valence-corrected chi connectivity index (χ0v) is 9.35. The van der Waals surface area contributed by atoms with Crippen LogP contribution in [0.3, 0.4) is 0 Å². The average molecular weight is 230 g/mol. The highest BCUT2D eigenvalue weighted by molar-refractivity contribution is 5.76. The van der Waals surface area contributed by atoms with Gasteiger partial charge >= 0.3 is 12.0 Å². The molecule has 0 aromatic carbocycles. The number of nitrogens with one attached hydrogen (secondary N) is 1. The van der Waals surface area contributed by atoms with Crippen molar-refractivity contribution in [1.82, 2.24) is 10.2 Å². The predicted molar refractivity (Wildman–Crippen MR) is 57.0 cm³/mol. The Balaban J connectivity index is 2.33. The van der Waals surface area contributed by atoms with Gasteiger partial charge in [0.2, 0.25) is 0 Å². The molecule has 0 radical (unpaired) electrons. The molecule has 0 bridgehead atoms. The van der Waals surface area contributed by atoms with E-state index in [9.17, 15) is 9.59 Å². The number of hydrogen-bond acceptors (Lipinski definition) is 3. The molecular formula is C10H18N2O4. The molecule has 0 aromatic rings. The van der Waals surface area contributed by atoms with Crippen molar-refractivity contribution >= 4 is 12.0 Å². The molecule has 1 saturated heterocycles. The number of aliphatic carboxylic acids is 1. The first-order valence-corrected chi connectivity index (χ1v) is 5.41. The van der Waals surface area contributed by atoms with E-state index in [1.54, 1.807) is 11.8 Å². The second-order valence-corrected chi connectivity index (χ2v) is 4.23. The molecule has 1 fully saturated rings. The Bertz CT molecular complexity index is 270. The maximum absolute atomic E-state index is 11.6. The molecule has 1 aliphatic heterocycles. The monoisotopic (exact) mass is 230 g/mol. The van der Waals surface area contributed by atoms with Gasteiger partial charge in [-0.3, -0.25) is 4.79 Å². The SMILES string of the molecule is CC(CC(=O)O)NC(=O)N1CCC(CO)C1. The number of carbonyl (C=O) groups excluding carboxylic acids is 1. The van der Waals surface area contributed by atoms with Crippen LogP contribution in [-0.2, 0) is 4.79 Å². The zero-order valence-electron chi connectivity index (χ0n) is 9.35. The van der Waals surface area contributed by atoms with Crippen LogP contribution in [-0.4, -0.2) is 52.9 Å². The quantitative estimate of drug-likeness (QED) is 0.627. The summed E-state index contributed by atoms with van der Waals surface area (Å²) in [5.74, 6) is -0.775. The third kappa shape index (κ3) is 3.69. The number of carboxylic acid groups (broad SMARTS) is 1. The molecular weight excluding hydrogens is 212 g/mol. The average Bonchev–Trinajstić information content (AvgIpc) is 2.64. The second kappa shape index (κ2) is 5.69. The number of amides is 2. The lowest BCUT2D eigenvalue weighted by molar-refractivity contribution is -0.137. The minimum Gasteiger partial charge on any atom is -0.481 e. The Morgan fingerprint density at radius 3 is 2.75 bits per heavy atom. The normalized spacial score (nSPS) is 21.9. The van der Waals surface area contributed by atoms with Crippen molar-refractivity contribution in [1.29, 1.82) is 0 Å². The minimum atomic E-state index is -0.928. The molecule has 0 aliphatic carbocycles. The number of aliphatic hydroxyl groups excluding tert-OH is 1. The molecule has 6 heteroatoms. The van der Waals surface area contributed by atoms with Crippen molar-refractivity contribution in [3.8, 4) is 0 Å². The molecule has 1 heterocycles. The maximum atomic E-state index is 11.6. The molecule has 2 atom stereocenters. The van der Waals surface area contributed by atoms with Gasteiger partial charge in [0.15, 0.2) is 0 Å². The standard InChI is InChI=1S/C10H18N2O4/c1-7(4-9(14)15)11-10(16)12-3-2-8(5-12)6-13/h7-8,13H,2-6H2,1H3,(H,11,16)(H,14,15). The fourth-order valence-corrected chi connectivity index (χ4v) is 1.78. The Morgan fingerprint density at radius 1 is 1.56 bits per heavy atom. The molecule has 2 amide bonds. The van der Waals surface area contributed by atoms with Crippen LogP contribution in [0.4, 0.5) is 4.79 Å². The van der Waals surface area contributed by atoms with Gasteiger partial charge in [-0.2, -0.15) is 0 Å². The number of nitrogens with zero attached hydrogens (tertiary/aromatic N) is 1. The lowest BCUT2D eigenvalue weighted by Gasteiger charge is -2.20.